The Morgan fingerprint density at radius 1 is 1.06 bits per heavy atom. The fourth-order valence-corrected chi connectivity index (χ4v) is 2.91. The number of ether oxygens (including phenoxy) is 1. The largest absolute Gasteiger partial charge is 0.379 e. The third kappa shape index (κ3) is 1.82. The summed E-state index contributed by atoms with van der Waals surface area (Å²) in [7, 11) is 0. The summed E-state index contributed by atoms with van der Waals surface area (Å²) < 4.78 is 5.50. The minimum Gasteiger partial charge on any atom is -0.379 e. The molecule has 0 bridgehead atoms. The molecule has 2 nitrogen and oxygen atoms in total. The van der Waals surface area contributed by atoms with E-state index in [2.05, 4.69) is 42.5 Å². The van der Waals surface area contributed by atoms with E-state index in [0.717, 1.165) is 32.6 Å². The van der Waals surface area contributed by atoms with Gasteiger partial charge in [-0.05, 0) is 35.7 Å². The average molecular weight is 241 g/mol. The second-order valence-electron chi connectivity index (χ2n) is 5.19. The van der Waals surface area contributed by atoms with Crippen LogP contribution in [0.5, 0.6) is 0 Å². The summed E-state index contributed by atoms with van der Waals surface area (Å²) in [6.07, 6.45) is 2.18. The maximum absolute atomic E-state index is 5.66. The number of nitrogens with two attached hydrogens (primary N) is 1. The van der Waals surface area contributed by atoms with Crippen molar-refractivity contribution < 1.29 is 4.74 Å². The van der Waals surface area contributed by atoms with Crippen molar-refractivity contribution >= 4 is 10.8 Å². The highest BCUT2D eigenvalue weighted by Crippen LogP contribution is 2.40. The number of rotatable bonds is 4. The molecule has 0 saturated carbocycles. The second-order valence-corrected chi connectivity index (χ2v) is 5.19. The highest BCUT2D eigenvalue weighted by Gasteiger charge is 2.40. The predicted octanol–water partition coefficient (Wildman–Crippen LogP) is 2.85. The van der Waals surface area contributed by atoms with Gasteiger partial charge in [0, 0.05) is 5.41 Å². The zero-order valence-electron chi connectivity index (χ0n) is 10.6. The third-order valence-electron chi connectivity index (χ3n) is 3.98. The molecule has 1 aliphatic rings. The second kappa shape index (κ2) is 4.71. The lowest BCUT2D eigenvalue weighted by molar-refractivity contribution is -0.0641. The molecule has 0 unspecified atom stereocenters. The van der Waals surface area contributed by atoms with E-state index in [1.165, 1.54) is 16.3 Å². The summed E-state index contributed by atoms with van der Waals surface area (Å²) in [5.41, 5.74) is 7.29. The molecule has 2 aromatic carbocycles. The first-order chi connectivity index (χ1) is 8.86. The van der Waals surface area contributed by atoms with Gasteiger partial charge in [-0.3, -0.25) is 0 Å². The molecular formula is C16H19NO. The predicted molar refractivity (Wildman–Crippen MR) is 74.7 cm³/mol. The Bertz CT molecular complexity index is 540. The van der Waals surface area contributed by atoms with Gasteiger partial charge >= 0.3 is 0 Å². The average Bonchev–Trinajstić information content (AvgIpc) is 2.38. The monoisotopic (exact) mass is 241 g/mol. The molecule has 2 aromatic rings. The lowest BCUT2D eigenvalue weighted by Gasteiger charge is -2.43. The molecule has 1 fully saturated rings. The summed E-state index contributed by atoms with van der Waals surface area (Å²) in [5, 5.41) is 2.68. The standard InChI is InChI=1S/C16H19NO/c17-10-4-9-16(11-18-12-16)15-8-3-6-13-5-1-2-7-14(13)15/h1-3,5-8H,4,9-12,17H2. The van der Waals surface area contributed by atoms with Crippen LogP contribution in [0.25, 0.3) is 10.8 Å². The van der Waals surface area contributed by atoms with Crippen LogP contribution in [0.4, 0.5) is 0 Å². The minimum atomic E-state index is 0.195. The molecule has 1 aliphatic heterocycles. The molecule has 0 radical (unpaired) electrons. The maximum Gasteiger partial charge on any atom is 0.0585 e. The highest BCUT2D eigenvalue weighted by atomic mass is 16.5. The summed E-state index contributed by atoms with van der Waals surface area (Å²) >= 11 is 0. The van der Waals surface area contributed by atoms with Crippen molar-refractivity contribution in [3.8, 4) is 0 Å². The van der Waals surface area contributed by atoms with Crippen molar-refractivity contribution in [2.24, 2.45) is 5.73 Å². The Labute approximate surface area is 108 Å². The molecule has 0 atom stereocenters. The van der Waals surface area contributed by atoms with Gasteiger partial charge in [0.05, 0.1) is 13.2 Å². The van der Waals surface area contributed by atoms with E-state index in [1.807, 2.05) is 0 Å². The molecule has 94 valence electrons. The fraction of sp³-hybridized carbons (Fsp3) is 0.375. The molecule has 0 amide bonds. The van der Waals surface area contributed by atoms with E-state index in [-0.39, 0.29) is 5.41 Å². The first kappa shape index (κ1) is 11.7. The van der Waals surface area contributed by atoms with Gasteiger partial charge in [-0.25, -0.2) is 0 Å². The maximum atomic E-state index is 5.66. The molecule has 18 heavy (non-hydrogen) atoms. The molecule has 1 saturated heterocycles. The summed E-state index contributed by atoms with van der Waals surface area (Å²) in [6.45, 7) is 2.43. The van der Waals surface area contributed by atoms with Gasteiger partial charge in [-0.15, -0.1) is 0 Å². The Kier molecular flexibility index (Phi) is 3.06. The van der Waals surface area contributed by atoms with Gasteiger partial charge in [0.15, 0.2) is 0 Å². The van der Waals surface area contributed by atoms with Crippen LogP contribution in [0.3, 0.4) is 0 Å². The van der Waals surface area contributed by atoms with Crippen molar-refractivity contribution in [2.75, 3.05) is 19.8 Å². The first-order valence-electron chi connectivity index (χ1n) is 6.62. The molecule has 2 N–H and O–H groups in total. The van der Waals surface area contributed by atoms with Crippen LogP contribution < -0.4 is 5.73 Å². The van der Waals surface area contributed by atoms with Gasteiger partial charge in [0.2, 0.25) is 0 Å². The topological polar surface area (TPSA) is 35.2 Å². The van der Waals surface area contributed by atoms with Gasteiger partial charge in [0.25, 0.3) is 0 Å². The lowest BCUT2D eigenvalue weighted by Crippen LogP contribution is -2.47. The molecule has 2 heteroatoms. The molecule has 1 heterocycles. The van der Waals surface area contributed by atoms with Crippen LogP contribution in [0.15, 0.2) is 42.5 Å². The third-order valence-corrected chi connectivity index (χ3v) is 3.98. The van der Waals surface area contributed by atoms with E-state index in [9.17, 15) is 0 Å². The van der Waals surface area contributed by atoms with Crippen molar-refractivity contribution in [3.63, 3.8) is 0 Å². The number of hydrogen-bond acceptors (Lipinski definition) is 2. The van der Waals surface area contributed by atoms with E-state index < -0.39 is 0 Å². The van der Waals surface area contributed by atoms with Crippen LogP contribution >= 0.6 is 0 Å². The zero-order chi connectivity index (χ0) is 12.4. The zero-order valence-corrected chi connectivity index (χ0v) is 10.6. The molecular weight excluding hydrogens is 222 g/mol. The molecule has 3 rings (SSSR count). The quantitative estimate of drug-likeness (QED) is 0.893. The van der Waals surface area contributed by atoms with Crippen LogP contribution in [0, 0.1) is 0 Å². The minimum absolute atomic E-state index is 0.195. The van der Waals surface area contributed by atoms with E-state index in [0.29, 0.717) is 0 Å². The normalized spacial score (nSPS) is 17.6. The van der Waals surface area contributed by atoms with Crippen LogP contribution in [-0.4, -0.2) is 19.8 Å². The van der Waals surface area contributed by atoms with Gasteiger partial charge in [-0.2, -0.15) is 0 Å². The van der Waals surface area contributed by atoms with Gasteiger partial charge in [0.1, 0.15) is 0 Å². The highest BCUT2D eigenvalue weighted by molar-refractivity contribution is 5.86. The molecule has 0 aromatic heterocycles. The van der Waals surface area contributed by atoms with Crippen LogP contribution in [0.1, 0.15) is 18.4 Å². The Balaban J connectivity index is 2.07. The van der Waals surface area contributed by atoms with Crippen molar-refractivity contribution in [1.29, 1.82) is 0 Å². The number of fused-ring (bicyclic) bond motifs is 1. The van der Waals surface area contributed by atoms with Gasteiger partial charge in [-0.1, -0.05) is 42.5 Å². The Morgan fingerprint density at radius 3 is 2.56 bits per heavy atom. The summed E-state index contributed by atoms with van der Waals surface area (Å²) in [5.74, 6) is 0. The SMILES string of the molecule is NCCCC1(c2cccc3ccccc23)COC1. The smallest absolute Gasteiger partial charge is 0.0585 e. The Hall–Kier alpha value is -1.38. The van der Waals surface area contributed by atoms with Crippen molar-refractivity contribution in [3.05, 3.63) is 48.0 Å². The van der Waals surface area contributed by atoms with Crippen LogP contribution in [-0.2, 0) is 10.2 Å². The van der Waals surface area contributed by atoms with Crippen molar-refractivity contribution in [2.45, 2.75) is 18.3 Å². The van der Waals surface area contributed by atoms with Crippen LogP contribution in [0.2, 0.25) is 0 Å². The number of benzene rings is 2. The fourth-order valence-electron chi connectivity index (χ4n) is 2.91. The number of hydrogen-bond donors (Lipinski definition) is 1. The van der Waals surface area contributed by atoms with Crippen molar-refractivity contribution in [1.82, 2.24) is 0 Å². The van der Waals surface area contributed by atoms with E-state index in [4.69, 9.17) is 10.5 Å². The van der Waals surface area contributed by atoms with E-state index >= 15 is 0 Å². The molecule has 0 spiro atoms. The van der Waals surface area contributed by atoms with E-state index in [1.54, 1.807) is 0 Å². The Morgan fingerprint density at radius 2 is 1.83 bits per heavy atom. The lowest BCUT2D eigenvalue weighted by atomic mass is 9.73. The molecule has 0 aliphatic carbocycles. The van der Waals surface area contributed by atoms with Gasteiger partial charge < -0.3 is 10.5 Å². The summed E-state index contributed by atoms with van der Waals surface area (Å²) in [4.78, 5) is 0. The first-order valence-corrected chi connectivity index (χ1v) is 6.62. The summed E-state index contributed by atoms with van der Waals surface area (Å²) in [6, 6.07) is 15.2.